The van der Waals surface area contributed by atoms with Crippen LogP contribution in [-0.4, -0.2) is 30.7 Å². The summed E-state index contributed by atoms with van der Waals surface area (Å²) >= 11 is 0. The third kappa shape index (κ3) is 1.13. The van der Waals surface area contributed by atoms with Gasteiger partial charge in [-0.1, -0.05) is 0 Å². The van der Waals surface area contributed by atoms with Gasteiger partial charge in [0.2, 0.25) is 0 Å². The van der Waals surface area contributed by atoms with Crippen LogP contribution < -0.4 is 0 Å². The highest BCUT2D eigenvalue weighted by molar-refractivity contribution is 5.88. The van der Waals surface area contributed by atoms with Crippen LogP contribution in [0.25, 0.3) is 16.6 Å². The maximum Gasteiger partial charge on any atom is 0.356 e. The molecule has 0 unspecified atom stereocenters. The molecular formula is C10H6N4O2. The number of hydrogen-bond donors (Lipinski definition) is 1. The van der Waals surface area contributed by atoms with E-state index in [1.54, 1.807) is 24.7 Å². The van der Waals surface area contributed by atoms with Crippen molar-refractivity contribution >= 4 is 22.5 Å². The number of aromatic nitrogens is 4. The Morgan fingerprint density at radius 3 is 3.06 bits per heavy atom. The van der Waals surface area contributed by atoms with Crippen LogP contribution in [0.3, 0.4) is 0 Å². The molecule has 0 saturated heterocycles. The Hall–Kier alpha value is -2.50. The van der Waals surface area contributed by atoms with Crippen molar-refractivity contribution in [1.29, 1.82) is 0 Å². The molecule has 0 aliphatic heterocycles. The van der Waals surface area contributed by atoms with E-state index >= 15 is 0 Å². The summed E-state index contributed by atoms with van der Waals surface area (Å²) in [6.07, 6.45) is 4.94. The number of carbonyl (C=O) groups is 1. The van der Waals surface area contributed by atoms with Crippen LogP contribution >= 0.6 is 0 Å². The highest BCUT2D eigenvalue weighted by Gasteiger charge is 2.11. The van der Waals surface area contributed by atoms with Gasteiger partial charge >= 0.3 is 5.97 Å². The lowest BCUT2D eigenvalue weighted by atomic mass is 10.3. The first kappa shape index (κ1) is 8.78. The van der Waals surface area contributed by atoms with Gasteiger partial charge in [-0.3, -0.25) is 4.98 Å². The van der Waals surface area contributed by atoms with Gasteiger partial charge < -0.3 is 5.11 Å². The number of hydrogen-bond acceptors (Lipinski definition) is 4. The minimum atomic E-state index is -1.07. The quantitative estimate of drug-likeness (QED) is 0.653. The average Bonchev–Trinajstić information content (AvgIpc) is 2.73. The third-order valence-corrected chi connectivity index (χ3v) is 2.31. The van der Waals surface area contributed by atoms with E-state index in [2.05, 4.69) is 15.1 Å². The molecule has 3 aromatic rings. The first-order valence-corrected chi connectivity index (χ1v) is 4.57. The van der Waals surface area contributed by atoms with Crippen LogP contribution in [0.1, 0.15) is 10.5 Å². The average molecular weight is 214 g/mol. The fourth-order valence-corrected chi connectivity index (χ4v) is 1.56. The van der Waals surface area contributed by atoms with Crippen LogP contribution in [0.15, 0.2) is 30.7 Å². The molecule has 0 aliphatic rings. The van der Waals surface area contributed by atoms with Crippen molar-refractivity contribution in [1.82, 2.24) is 19.6 Å². The van der Waals surface area contributed by atoms with E-state index in [1.807, 2.05) is 0 Å². The molecule has 0 aromatic carbocycles. The van der Waals surface area contributed by atoms with Crippen LogP contribution in [0, 0.1) is 0 Å². The van der Waals surface area contributed by atoms with Gasteiger partial charge in [0.05, 0.1) is 11.7 Å². The highest BCUT2D eigenvalue weighted by atomic mass is 16.4. The normalized spacial score (nSPS) is 11.0. The molecule has 0 aliphatic carbocycles. The predicted octanol–water partition coefficient (Wildman–Crippen LogP) is 0.976. The molecule has 78 valence electrons. The maximum absolute atomic E-state index is 10.8. The van der Waals surface area contributed by atoms with E-state index in [1.165, 1.54) is 10.6 Å². The Morgan fingerprint density at radius 2 is 2.25 bits per heavy atom. The minimum absolute atomic E-state index is 0.0242. The second-order valence-electron chi connectivity index (χ2n) is 3.30. The second kappa shape index (κ2) is 2.99. The molecule has 0 atom stereocenters. The lowest BCUT2D eigenvalue weighted by Gasteiger charge is -1.98. The van der Waals surface area contributed by atoms with Crippen molar-refractivity contribution in [3.8, 4) is 0 Å². The molecule has 3 aromatic heterocycles. The van der Waals surface area contributed by atoms with Crippen molar-refractivity contribution in [2.24, 2.45) is 0 Å². The van der Waals surface area contributed by atoms with Gasteiger partial charge in [-0.05, 0) is 6.07 Å². The van der Waals surface area contributed by atoms with E-state index in [4.69, 9.17) is 5.11 Å². The van der Waals surface area contributed by atoms with Crippen LogP contribution in [0.4, 0.5) is 0 Å². The molecular weight excluding hydrogens is 208 g/mol. The van der Waals surface area contributed by atoms with Crippen LogP contribution in [0.2, 0.25) is 0 Å². The first-order chi connectivity index (χ1) is 7.75. The molecule has 0 amide bonds. The molecule has 1 N–H and O–H groups in total. The van der Waals surface area contributed by atoms with Crippen molar-refractivity contribution in [2.45, 2.75) is 0 Å². The lowest BCUT2D eigenvalue weighted by molar-refractivity contribution is 0.0690. The van der Waals surface area contributed by atoms with Gasteiger partial charge in [-0.25, -0.2) is 14.3 Å². The van der Waals surface area contributed by atoms with Gasteiger partial charge in [-0.15, -0.1) is 0 Å². The highest BCUT2D eigenvalue weighted by Crippen LogP contribution is 2.13. The summed E-state index contributed by atoms with van der Waals surface area (Å²) in [5.74, 6) is -1.07. The molecule has 0 spiro atoms. The Morgan fingerprint density at radius 1 is 1.38 bits per heavy atom. The van der Waals surface area contributed by atoms with E-state index in [9.17, 15) is 4.79 Å². The summed E-state index contributed by atoms with van der Waals surface area (Å²) < 4.78 is 1.48. The largest absolute Gasteiger partial charge is 0.476 e. The molecule has 6 nitrogen and oxygen atoms in total. The SMILES string of the molecule is O=C(O)c1cc2ncc3ccncc3n2n1. The van der Waals surface area contributed by atoms with Crippen LogP contribution in [0.5, 0.6) is 0 Å². The fourth-order valence-electron chi connectivity index (χ4n) is 1.56. The zero-order valence-corrected chi connectivity index (χ0v) is 8.03. The lowest BCUT2D eigenvalue weighted by Crippen LogP contribution is -1.98. The van der Waals surface area contributed by atoms with Gasteiger partial charge in [0, 0.05) is 23.8 Å². The number of carboxylic acid groups (broad SMARTS) is 1. The molecule has 0 fully saturated rings. The Kier molecular flexibility index (Phi) is 1.64. The van der Waals surface area contributed by atoms with Gasteiger partial charge in [0.1, 0.15) is 0 Å². The summed E-state index contributed by atoms with van der Waals surface area (Å²) in [5.41, 5.74) is 1.21. The molecule has 0 bridgehead atoms. The van der Waals surface area contributed by atoms with E-state index in [0.29, 0.717) is 5.65 Å². The third-order valence-electron chi connectivity index (χ3n) is 2.31. The molecule has 3 rings (SSSR count). The summed E-state index contributed by atoms with van der Waals surface area (Å²) in [6, 6.07) is 3.22. The van der Waals surface area contributed by atoms with Gasteiger partial charge in [-0.2, -0.15) is 5.10 Å². The van der Waals surface area contributed by atoms with Gasteiger partial charge in [0.15, 0.2) is 11.3 Å². The number of nitrogens with zero attached hydrogens (tertiary/aromatic N) is 4. The molecule has 16 heavy (non-hydrogen) atoms. The molecule has 6 heteroatoms. The van der Waals surface area contributed by atoms with Crippen molar-refractivity contribution < 1.29 is 9.90 Å². The standard InChI is InChI=1S/C10H6N4O2/c15-10(16)7-3-9-12-4-6-1-2-11-5-8(6)14(9)13-7/h1-5H,(H,15,16). The fraction of sp³-hybridized carbons (Fsp3) is 0. The maximum atomic E-state index is 10.8. The second-order valence-corrected chi connectivity index (χ2v) is 3.30. The monoisotopic (exact) mass is 214 g/mol. The number of carboxylic acids is 1. The van der Waals surface area contributed by atoms with Crippen molar-refractivity contribution in [2.75, 3.05) is 0 Å². The smallest absolute Gasteiger partial charge is 0.356 e. The summed E-state index contributed by atoms with van der Waals surface area (Å²) in [6.45, 7) is 0. The Bertz CT molecular complexity index is 704. The molecule has 0 radical (unpaired) electrons. The topological polar surface area (TPSA) is 80.4 Å². The van der Waals surface area contributed by atoms with Crippen molar-refractivity contribution in [3.05, 3.63) is 36.4 Å². The minimum Gasteiger partial charge on any atom is -0.476 e. The number of rotatable bonds is 1. The van der Waals surface area contributed by atoms with E-state index in [-0.39, 0.29) is 5.69 Å². The molecule has 0 saturated carbocycles. The number of pyridine rings is 1. The Balaban J connectivity index is 2.46. The predicted molar refractivity (Wildman–Crippen MR) is 55.2 cm³/mol. The first-order valence-electron chi connectivity index (χ1n) is 4.57. The zero-order valence-electron chi connectivity index (χ0n) is 8.03. The molecule has 3 heterocycles. The van der Waals surface area contributed by atoms with E-state index in [0.717, 1.165) is 10.9 Å². The Labute approximate surface area is 89.2 Å². The van der Waals surface area contributed by atoms with E-state index < -0.39 is 5.97 Å². The zero-order chi connectivity index (χ0) is 11.1. The van der Waals surface area contributed by atoms with Crippen molar-refractivity contribution in [3.63, 3.8) is 0 Å². The van der Waals surface area contributed by atoms with Crippen LogP contribution in [-0.2, 0) is 0 Å². The summed E-state index contributed by atoms with van der Waals surface area (Å²) in [4.78, 5) is 18.9. The van der Waals surface area contributed by atoms with Gasteiger partial charge in [0.25, 0.3) is 0 Å². The number of fused-ring (bicyclic) bond motifs is 3. The number of aromatic carboxylic acids is 1. The summed E-state index contributed by atoms with van der Waals surface area (Å²) in [5, 5.41) is 13.7. The summed E-state index contributed by atoms with van der Waals surface area (Å²) in [7, 11) is 0.